The van der Waals surface area contributed by atoms with E-state index < -0.39 is 11.8 Å². The summed E-state index contributed by atoms with van der Waals surface area (Å²) in [5, 5.41) is 13.3. The van der Waals surface area contributed by atoms with E-state index in [1.165, 1.54) is 6.07 Å². The van der Waals surface area contributed by atoms with E-state index in [2.05, 4.69) is 12.1 Å². The van der Waals surface area contributed by atoms with Crippen molar-refractivity contribution in [3.8, 4) is 33.8 Å². The largest absolute Gasteiger partial charge is 0.508 e. The summed E-state index contributed by atoms with van der Waals surface area (Å²) in [5.41, 5.74) is 7.90. The monoisotopic (exact) mass is 747 g/mol. The van der Waals surface area contributed by atoms with Gasteiger partial charge in [-0.15, -0.1) is 0 Å². The lowest BCUT2D eigenvalue weighted by atomic mass is 9.92. The van der Waals surface area contributed by atoms with Crippen LogP contribution < -0.4 is 11.1 Å². The number of carbonyl (C=O) groups excluding carboxylic acids is 2. The third-order valence-corrected chi connectivity index (χ3v) is 11.0. The molecule has 0 bridgehead atoms. The van der Waals surface area contributed by atoms with E-state index in [9.17, 15) is 24.3 Å². The van der Waals surface area contributed by atoms with Gasteiger partial charge in [0.05, 0.1) is 28.9 Å². The summed E-state index contributed by atoms with van der Waals surface area (Å²) in [6.45, 7) is 3.84. The molecule has 0 atom stereocenters. The average molecular weight is 748 g/mol. The smallest absolute Gasteiger partial charge is 0.263 e. The molecule has 8 heteroatoms. The standard InChI is InChI=1S/C49H37N3O5/c1-30-17-20-35(21-18-30)52-45(34-13-7-4-8-14-34)44(33-11-5-3-6-12-33)37-22-19-32(28-40(37)49(52)57)25-26-50-43(54)27-31(2)36-23-24-42(53)41(46(36)50)29-51-47(55)38-15-9-10-16-39(38)48(51)56/h3-24,27-28,53H,25-26,29H2,1-2H3. The van der Waals surface area contributed by atoms with Crippen LogP contribution in [0.5, 0.6) is 5.75 Å². The van der Waals surface area contributed by atoms with Gasteiger partial charge in [0.1, 0.15) is 5.75 Å². The third-order valence-electron chi connectivity index (χ3n) is 11.0. The van der Waals surface area contributed by atoms with Gasteiger partial charge in [-0.2, -0.15) is 0 Å². The first-order valence-electron chi connectivity index (χ1n) is 18.9. The number of hydrogen-bond donors (Lipinski definition) is 1. The van der Waals surface area contributed by atoms with E-state index >= 15 is 0 Å². The van der Waals surface area contributed by atoms with Crippen LogP contribution in [0.15, 0.2) is 155 Å². The zero-order chi connectivity index (χ0) is 39.4. The van der Waals surface area contributed by atoms with E-state index in [1.807, 2.05) is 105 Å². The van der Waals surface area contributed by atoms with Gasteiger partial charge >= 0.3 is 0 Å². The van der Waals surface area contributed by atoms with E-state index in [0.29, 0.717) is 39.6 Å². The first kappa shape index (κ1) is 35.4. The number of nitrogens with zero attached hydrogens (tertiary/aromatic N) is 3. The Labute approximate surface area is 328 Å². The maximum atomic E-state index is 14.9. The Morgan fingerprint density at radius 2 is 1.21 bits per heavy atom. The fraction of sp³-hybridized carbons (Fsp3) is 0.102. The second-order valence-corrected chi connectivity index (χ2v) is 14.6. The van der Waals surface area contributed by atoms with Gasteiger partial charge in [0.15, 0.2) is 0 Å². The van der Waals surface area contributed by atoms with E-state index in [1.54, 1.807) is 45.5 Å². The van der Waals surface area contributed by atoms with Crippen LogP contribution in [0.2, 0.25) is 0 Å². The predicted octanol–water partition coefficient (Wildman–Crippen LogP) is 9.00. The Hall–Kier alpha value is -7.32. The number of rotatable bonds is 8. The summed E-state index contributed by atoms with van der Waals surface area (Å²) < 4.78 is 3.40. The number of phenols is 1. The third kappa shape index (κ3) is 6.03. The number of hydrogen-bond acceptors (Lipinski definition) is 5. The Morgan fingerprint density at radius 1 is 0.596 bits per heavy atom. The molecule has 6 aromatic carbocycles. The molecule has 9 rings (SSSR count). The van der Waals surface area contributed by atoms with Crippen molar-refractivity contribution in [2.45, 2.75) is 33.4 Å². The number of phenolic OH excluding ortho intramolecular Hbond substituents is 1. The van der Waals surface area contributed by atoms with Crippen molar-refractivity contribution in [3.63, 3.8) is 0 Å². The normalized spacial score (nSPS) is 12.5. The Kier molecular flexibility index (Phi) is 8.74. The lowest BCUT2D eigenvalue weighted by Crippen LogP contribution is -2.30. The van der Waals surface area contributed by atoms with Crippen molar-refractivity contribution in [2.24, 2.45) is 0 Å². The van der Waals surface area contributed by atoms with Gasteiger partial charge in [-0.1, -0.05) is 103 Å². The van der Waals surface area contributed by atoms with Crippen molar-refractivity contribution in [3.05, 3.63) is 200 Å². The summed E-state index contributed by atoms with van der Waals surface area (Å²) in [6.07, 6.45) is 0.376. The Balaban J connectivity index is 1.18. The molecule has 0 spiro atoms. The van der Waals surface area contributed by atoms with Crippen molar-refractivity contribution in [2.75, 3.05) is 0 Å². The van der Waals surface area contributed by atoms with Crippen LogP contribution in [0.1, 0.15) is 43.0 Å². The Morgan fingerprint density at radius 3 is 1.88 bits per heavy atom. The number of pyridine rings is 2. The fourth-order valence-electron chi connectivity index (χ4n) is 8.17. The van der Waals surface area contributed by atoms with Gasteiger partial charge in [0.2, 0.25) is 0 Å². The molecule has 0 saturated carbocycles. The second kappa shape index (κ2) is 14.1. The first-order chi connectivity index (χ1) is 27.7. The minimum atomic E-state index is -0.452. The molecule has 2 aromatic heterocycles. The maximum Gasteiger partial charge on any atom is 0.263 e. The minimum Gasteiger partial charge on any atom is -0.508 e. The Bertz CT molecular complexity index is 3000. The number of aromatic hydroxyl groups is 1. The quantitative estimate of drug-likeness (QED) is 0.157. The van der Waals surface area contributed by atoms with Crippen LogP contribution in [0.3, 0.4) is 0 Å². The van der Waals surface area contributed by atoms with E-state index in [4.69, 9.17) is 0 Å². The zero-order valence-corrected chi connectivity index (χ0v) is 31.4. The molecule has 0 aliphatic carbocycles. The van der Waals surface area contributed by atoms with Crippen molar-refractivity contribution in [1.82, 2.24) is 14.0 Å². The number of aromatic nitrogens is 2. The van der Waals surface area contributed by atoms with Crippen molar-refractivity contribution >= 4 is 33.5 Å². The molecule has 278 valence electrons. The molecule has 1 aliphatic rings. The molecular weight excluding hydrogens is 711 g/mol. The highest BCUT2D eigenvalue weighted by atomic mass is 16.3. The van der Waals surface area contributed by atoms with Crippen LogP contribution in [-0.4, -0.2) is 31.0 Å². The van der Waals surface area contributed by atoms with Gasteiger partial charge < -0.3 is 9.67 Å². The molecule has 1 N–H and O–H groups in total. The molecule has 8 aromatic rings. The van der Waals surface area contributed by atoms with Crippen LogP contribution >= 0.6 is 0 Å². The molecule has 8 nitrogen and oxygen atoms in total. The molecule has 57 heavy (non-hydrogen) atoms. The molecule has 1 aliphatic heterocycles. The molecule has 2 amide bonds. The number of carbonyl (C=O) groups is 2. The zero-order valence-electron chi connectivity index (χ0n) is 31.4. The average Bonchev–Trinajstić information content (AvgIpc) is 3.47. The van der Waals surface area contributed by atoms with Crippen molar-refractivity contribution < 1.29 is 14.7 Å². The first-order valence-corrected chi connectivity index (χ1v) is 18.9. The highest BCUT2D eigenvalue weighted by molar-refractivity contribution is 6.21. The van der Waals surface area contributed by atoms with Crippen LogP contribution in [-0.2, 0) is 19.5 Å². The van der Waals surface area contributed by atoms with Gasteiger partial charge in [0, 0.05) is 40.2 Å². The molecule has 0 fully saturated rings. The second-order valence-electron chi connectivity index (χ2n) is 14.6. The maximum absolute atomic E-state index is 14.9. The van der Waals surface area contributed by atoms with Gasteiger partial charge in [-0.25, -0.2) is 0 Å². The highest BCUT2D eigenvalue weighted by Crippen LogP contribution is 2.39. The SMILES string of the molecule is Cc1ccc(-n2c(-c3ccccc3)c(-c3ccccc3)c3ccc(CCn4c(=O)cc(C)c5ccc(O)c(CN6C(=O)c7ccccc7C6=O)c54)cc3c2=O)cc1. The summed E-state index contributed by atoms with van der Waals surface area (Å²) in [5.74, 6) is -1.03. The number of aryl methyl sites for hydroxylation is 4. The lowest BCUT2D eigenvalue weighted by Gasteiger charge is -2.22. The molecule has 3 heterocycles. The van der Waals surface area contributed by atoms with E-state index in [-0.39, 0.29) is 30.0 Å². The summed E-state index contributed by atoms with van der Waals surface area (Å²) in [4.78, 5) is 56.6. The van der Waals surface area contributed by atoms with E-state index in [0.717, 1.165) is 54.9 Å². The fourth-order valence-corrected chi connectivity index (χ4v) is 8.17. The van der Waals surface area contributed by atoms with Crippen LogP contribution in [0.4, 0.5) is 0 Å². The summed E-state index contributed by atoms with van der Waals surface area (Å²) >= 11 is 0. The molecular formula is C49H37N3O5. The molecule has 0 radical (unpaired) electrons. The molecule has 0 saturated heterocycles. The topological polar surface area (TPSA) is 102 Å². The van der Waals surface area contributed by atoms with Gasteiger partial charge in [-0.05, 0) is 90.4 Å². The summed E-state index contributed by atoms with van der Waals surface area (Å²) in [7, 11) is 0. The number of amides is 2. The highest BCUT2D eigenvalue weighted by Gasteiger charge is 2.36. The lowest BCUT2D eigenvalue weighted by molar-refractivity contribution is 0.0642. The number of benzene rings is 6. The molecule has 0 unspecified atom stereocenters. The summed E-state index contributed by atoms with van der Waals surface area (Å²) in [6, 6.07) is 45.4. The minimum absolute atomic E-state index is 0.122. The van der Waals surface area contributed by atoms with Crippen LogP contribution in [0, 0.1) is 13.8 Å². The van der Waals surface area contributed by atoms with Gasteiger partial charge in [0.25, 0.3) is 22.9 Å². The number of fused-ring (bicyclic) bond motifs is 3. The van der Waals surface area contributed by atoms with Gasteiger partial charge in [-0.3, -0.25) is 28.6 Å². The predicted molar refractivity (Wildman–Crippen MR) is 224 cm³/mol. The van der Waals surface area contributed by atoms with Crippen LogP contribution in [0.25, 0.3) is 49.7 Å². The van der Waals surface area contributed by atoms with Crippen molar-refractivity contribution in [1.29, 1.82) is 0 Å². The number of imide groups is 1.